The maximum atomic E-state index is 13.1. The van der Waals surface area contributed by atoms with E-state index in [2.05, 4.69) is 15.1 Å². The zero-order chi connectivity index (χ0) is 20.4. The third-order valence-electron chi connectivity index (χ3n) is 5.52. The zero-order valence-electron chi connectivity index (χ0n) is 16.4. The molecule has 2 unspecified atom stereocenters. The molecule has 2 aromatic rings. The number of ketones is 1. The van der Waals surface area contributed by atoms with Crippen molar-refractivity contribution in [3.63, 3.8) is 0 Å². The molecule has 7 heteroatoms. The number of fused-ring (bicyclic) bond motifs is 3. The molecule has 2 heterocycles. The van der Waals surface area contributed by atoms with E-state index in [4.69, 9.17) is 4.74 Å². The van der Waals surface area contributed by atoms with Crippen molar-refractivity contribution in [1.29, 1.82) is 0 Å². The predicted octanol–water partition coefficient (Wildman–Crippen LogP) is 1.52. The summed E-state index contributed by atoms with van der Waals surface area (Å²) in [6, 6.07) is 14.5. The lowest BCUT2D eigenvalue weighted by atomic mass is 9.99. The van der Waals surface area contributed by atoms with E-state index in [1.807, 2.05) is 24.3 Å². The van der Waals surface area contributed by atoms with Gasteiger partial charge >= 0.3 is 0 Å². The number of piperazine rings is 1. The minimum atomic E-state index is -0.776. The maximum Gasteiger partial charge on any atom is 0.253 e. The first-order chi connectivity index (χ1) is 14.1. The number of nitrogens with one attached hydrogen (secondary N) is 1. The monoisotopic (exact) mass is 395 g/mol. The molecule has 0 radical (unpaired) electrons. The van der Waals surface area contributed by atoms with Crippen LogP contribution in [-0.4, -0.2) is 67.3 Å². The van der Waals surface area contributed by atoms with Crippen molar-refractivity contribution in [3.05, 3.63) is 59.7 Å². The van der Waals surface area contributed by atoms with E-state index in [-0.39, 0.29) is 24.3 Å². The smallest absolute Gasteiger partial charge is 0.253 e. The van der Waals surface area contributed by atoms with Gasteiger partial charge in [-0.1, -0.05) is 30.3 Å². The van der Waals surface area contributed by atoms with E-state index < -0.39 is 6.10 Å². The SMILES string of the molecule is COc1ccccc1N1CC[N@]2CC(O)CC(=O)c3ccccc3C(=O)NC1C2. The number of aliphatic hydroxyl groups excluding tert-OH is 1. The summed E-state index contributed by atoms with van der Waals surface area (Å²) >= 11 is 0. The largest absolute Gasteiger partial charge is 0.495 e. The van der Waals surface area contributed by atoms with Crippen molar-refractivity contribution in [3.8, 4) is 5.75 Å². The van der Waals surface area contributed by atoms with Gasteiger partial charge in [0.2, 0.25) is 0 Å². The Hall–Kier alpha value is -2.90. The lowest BCUT2D eigenvalue weighted by Gasteiger charge is -2.43. The first kappa shape index (κ1) is 19.4. The number of rotatable bonds is 2. The Morgan fingerprint density at radius 2 is 1.72 bits per heavy atom. The van der Waals surface area contributed by atoms with Gasteiger partial charge < -0.3 is 20.1 Å². The molecule has 2 aliphatic heterocycles. The normalized spacial score (nSPS) is 24.9. The minimum Gasteiger partial charge on any atom is -0.495 e. The Kier molecular flexibility index (Phi) is 5.51. The molecule has 0 aliphatic carbocycles. The van der Waals surface area contributed by atoms with E-state index >= 15 is 0 Å². The molecule has 0 saturated carbocycles. The predicted molar refractivity (Wildman–Crippen MR) is 109 cm³/mol. The topological polar surface area (TPSA) is 82.1 Å². The number of hydrogen-bond donors (Lipinski definition) is 2. The van der Waals surface area contributed by atoms with Crippen LogP contribution in [0.2, 0.25) is 0 Å². The Bertz CT molecular complexity index is 916. The Labute approximate surface area is 169 Å². The highest BCUT2D eigenvalue weighted by Gasteiger charge is 2.33. The van der Waals surface area contributed by atoms with Crippen LogP contribution < -0.4 is 15.0 Å². The highest BCUT2D eigenvalue weighted by atomic mass is 16.5. The Balaban J connectivity index is 1.71. The number of aliphatic hydroxyl groups is 1. The van der Waals surface area contributed by atoms with Crippen LogP contribution in [0.1, 0.15) is 27.1 Å². The Morgan fingerprint density at radius 1 is 1.00 bits per heavy atom. The van der Waals surface area contributed by atoms with E-state index in [1.54, 1.807) is 31.4 Å². The number of nitrogens with zero attached hydrogens (tertiary/aromatic N) is 2. The van der Waals surface area contributed by atoms with Crippen molar-refractivity contribution in [2.75, 3.05) is 38.2 Å². The summed E-state index contributed by atoms with van der Waals surface area (Å²) in [6.07, 6.45) is -1.09. The molecule has 4 rings (SSSR count). The molecule has 29 heavy (non-hydrogen) atoms. The number of benzene rings is 2. The molecule has 2 bridgehead atoms. The van der Waals surface area contributed by atoms with Crippen LogP contribution in [0.3, 0.4) is 0 Å². The van der Waals surface area contributed by atoms with E-state index in [0.717, 1.165) is 11.4 Å². The van der Waals surface area contributed by atoms with Gasteiger partial charge in [-0.3, -0.25) is 14.5 Å². The minimum absolute atomic E-state index is 0.00167. The maximum absolute atomic E-state index is 13.1. The molecule has 152 valence electrons. The van der Waals surface area contributed by atoms with Gasteiger partial charge in [0.05, 0.1) is 24.5 Å². The number of methoxy groups -OCH3 is 1. The van der Waals surface area contributed by atoms with Gasteiger partial charge in [0.1, 0.15) is 11.9 Å². The average Bonchev–Trinajstić information content (AvgIpc) is 2.74. The van der Waals surface area contributed by atoms with Crippen LogP contribution in [0.15, 0.2) is 48.5 Å². The standard InChI is InChI=1S/C22H25N3O4/c1-29-20-9-5-4-8-18(20)25-11-10-24-13-15(26)12-19(27)16-6-2-3-7-17(16)22(28)23-21(25)14-24/h2-9,15,21,26H,10-14H2,1H3,(H,23,28). The number of para-hydroxylation sites is 2. The van der Waals surface area contributed by atoms with Gasteiger partial charge in [-0.25, -0.2) is 0 Å². The van der Waals surface area contributed by atoms with E-state index in [9.17, 15) is 14.7 Å². The van der Waals surface area contributed by atoms with Gasteiger partial charge in [-0.2, -0.15) is 0 Å². The molecule has 1 fully saturated rings. The molecule has 2 aromatic carbocycles. The van der Waals surface area contributed by atoms with Crippen molar-refractivity contribution >= 4 is 17.4 Å². The summed E-state index contributed by atoms with van der Waals surface area (Å²) in [5, 5.41) is 13.6. The molecule has 1 saturated heterocycles. The second kappa shape index (κ2) is 8.23. The zero-order valence-corrected chi connectivity index (χ0v) is 16.4. The highest BCUT2D eigenvalue weighted by molar-refractivity contribution is 6.08. The second-order valence-electron chi connectivity index (χ2n) is 7.44. The van der Waals surface area contributed by atoms with Crippen LogP contribution in [-0.2, 0) is 0 Å². The number of ether oxygens (including phenoxy) is 1. The van der Waals surface area contributed by atoms with Crippen molar-refractivity contribution in [2.24, 2.45) is 0 Å². The lowest BCUT2D eigenvalue weighted by Crippen LogP contribution is -2.61. The molecule has 2 N–H and O–H groups in total. The third-order valence-corrected chi connectivity index (χ3v) is 5.52. The van der Waals surface area contributed by atoms with Crippen LogP contribution in [0, 0.1) is 0 Å². The summed E-state index contributed by atoms with van der Waals surface area (Å²) in [5.74, 6) is 0.222. The van der Waals surface area contributed by atoms with E-state index in [0.29, 0.717) is 37.3 Å². The Morgan fingerprint density at radius 3 is 2.52 bits per heavy atom. The summed E-state index contributed by atoms with van der Waals surface area (Å²) in [5.41, 5.74) is 1.59. The summed E-state index contributed by atoms with van der Waals surface area (Å²) in [7, 11) is 1.63. The number of amides is 1. The molecule has 0 spiro atoms. The number of hydrogen-bond acceptors (Lipinski definition) is 6. The van der Waals surface area contributed by atoms with Crippen molar-refractivity contribution in [2.45, 2.75) is 18.7 Å². The second-order valence-corrected chi connectivity index (χ2v) is 7.44. The number of carbonyl (C=O) groups is 2. The van der Waals surface area contributed by atoms with Crippen molar-refractivity contribution < 1.29 is 19.4 Å². The number of Topliss-reactive ketones (excluding diaryl/α,β-unsaturated/α-hetero) is 1. The third kappa shape index (κ3) is 3.97. The molecular weight excluding hydrogens is 370 g/mol. The molecule has 1 amide bonds. The van der Waals surface area contributed by atoms with E-state index in [1.165, 1.54) is 0 Å². The number of carbonyl (C=O) groups excluding carboxylic acids is 2. The van der Waals surface area contributed by atoms with Gasteiger partial charge in [-0.05, 0) is 18.2 Å². The first-order valence-electron chi connectivity index (χ1n) is 9.80. The lowest BCUT2D eigenvalue weighted by molar-refractivity contribution is 0.0729. The highest BCUT2D eigenvalue weighted by Crippen LogP contribution is 2.30. The molecule has 3 atom stereocenters. The van der Waals surface area contributed by atoms with Crippen LogP contribution in [0.25, 0.3) is 0 Å². The summed E-state index contributed by atoms with van der Waals surface area (Å²) < 4.78 is 5.52. The van der Waals surface area contributed by atoms with Gasteiger partial charge in [0, 0.05) is 38.2 Å². The quantitative estimate of drug-likeness (QED) is 0.803. The van der Waals surface area contributed by atoms with Gasteiger partial charge in [0.15, 0.2) is 5.78 Å². The fraction of sp³-hybridized carbons (Fsp3) is 0.364. The fourth-order valence-corrected chi connectivity index (χ4v) is 4.12. The van der Waals surface area contributed by atoms with Gasteiger partial charge in [-0.15, -0.1) is 0 Å². The summed E-state index contributed by atoms with van der Waals surface area (Å²) in [4.78, 5) is 30.0. The van der Waals surface area contributed by atoms with Crippen LogP contribution in [0.5, 0.6) is 5.75 Å². The summed E-state index contributed by atoms with van der Waals surface area (Å²) in [6.45, 7) is 2.30. The molecule has 0 aromatic heterocycles. The van der Waals surface area contributed by atoms with Crippen LogP contribution in [0.4, 0.5) is 5.69 Å². The molecule has 7 nitrogen and oxygen atoms in total. The average molecular weight is 395 g/mol. The molecular formula is C22H25N3O4. The fourth-order valence-electron chi connectivity index (χ4n) is 4.12. The van der Waals surface area contributed by atoms with Crippen LogP contribution >= 0.6 is 0 Å². The first-order valence-corrected chi connectivity index (χ1v) is 9.80. The van der Waals surface area contributed by atoms with Crippen molar-refractivity contribution in [1.82, 2.24) is 10.2 Å². The molecule has 2 aliphatic rings. The van der Waals surface area contributed by atoms with Gasteiger partial charge in [0.25, 0.3) is 5.91 Å². The number of anilines is 1.